The van der Waals surface area contributed by atoms with E-state index in [1.807, 2.05) is 30.3 Å². The molecule has 0 aliphatic carbocycles. The van der Waals surface area contributed by atoms with Gasteiger partial charge in [-0.1, -0.05) is 41.9 Å². The van der Waals surface area contributed by atoms with E-state index in [-0.39, 0.29) is 5.88 Å². The summed E-state index contributed by atoms with van der Waals surface area (Å²) in [6.07, 6.45) is 0. The highest BCUT2D eigenvalue weighted by Gasteiger charge is 2.09. The predicted molar refractivity (Wildman–Crippen MR) is 77.0 cm³/mol. The number of pyridine rings is 1. The van der Waals surface area contributed by atoms with Crippen molar-refractivity contribution in [2.24, 2.45) is 0 Å². The molecule has 0 fully saturated rings. The van der Waals surface area contributed by atoms with Gasteiger partial charge in [-0.15, -0.1) is 26.6 Å². The van der Waals surface area contributed by atoms with E-state index in [1.54, 1.807) is 12.1 Å². The summed E-state index contributed by atoms with van der Waals surface area (Å²) in [6, 6.07) is 13.0. The lowest BCUT2D eigenvalue weighted by Crippen LogP contribution is -2.03. The number of aromatic nitrogens is 5. The standard InChI is InChI=1S/C13H9Cl2N5/c14-8-11-10(15)6-7-12(16-11)20-18-13(17-19-20)9-4-2-1-3-5-9/h1-7H,8H2. The smallest absolute Gasteiger partial charge is 0.205 e. The van der Waals surface area contributed by atoms with Crippen LogP contribution in [0.25, 0.3) is 17.2 Å². The average molecular weight is 306 g/mol. The normalized spacial score (nSPS) is 10.7. The van der Waals surface area contributed by atoms with Crippen molar-refractivity contribution in [1.82, 2.24) is 25.2 Å². The fraction of sp³-hybridized carbons (Fsp3) is 0.0769. The Morgan fingerprint density at radius 3 is 2.60 bits per heavy atom. The van der Waals surface area contributed by atoms with E-state index in [4.69, 9.17) is 23.2 Å². The van der Waals surface area contributed by atoms with Gasteiger partial charge in [-0.25, -0.2) is 4.98 Å². The van der Waals surface area contributed by atoms with Gasteiger partial charge in [-0.3, -0.25) is 0 Å². The SMILES string of the molecule is ClCc1nc(-n2nnc(-c3ccccc3)n2)ccc1Cl. The number of rotatable bonds is 3. The lowest BCUT2D eigenvalue weighted by atomic mass is 10.2. The van der Waals surface area contributed by atoms with Crippen LogP contribution in [-0.4, -0.2) is 25.2 Å². The average Bonchev–Trinajstić information content (AvgIpc) is 2.98. The topological polar surface area (TPSA) is 56.5 Å². The Balaban J connectivity index is 1.98. The summed E-state index contributed by atoms with van der Waals surface area (Å²) < 4.78 is 0. The van der Waals surface area contributed by atoms with Crippen molar-refractivity contribution in [2.75, 3.05) is 0 Å². The van der Waals surface area contributed by atoms with Crippen LogP contribution in [0.4, 0.5) is 0 Å². The maximum atomic E-state index is 5.97. The van der Waals surface area contributed by atoms with Crippen molar-refractivity contribution < 1.29 is 0 Å². The molecule has 0 unspecified atom stereocenters. The number of hydrogen-bond donors (Lipinski definition) is 0. The quantitative estimate of drug-likeness (QED) is 0.698. The zero-order chi connectivity index (χ0) is 13.9. The number of halogens is 2. The molecule has 0 saturated heterocycles. The van der Waals surface area contributed by atoms with E-state index in [0.717, 1.165) is 5.56 Å². The van der Waals surface area contributed by atoms with Gasteiger partial charge < -0.3 is 0 Å². The Hall–Kier alpha value is -1.98. The zero-order valence-corrected chi connectivity index (χ0v) is 11.8. The van der Waals surface area contributed by atoms with Crippen molar-refractivity contribution in [2.45, 2.75) is 5.88 Å². The van der Waals surface area contributed by atoms with Crippen LogP contribution in [0, 0.1) is 0 Å². The molecule has 3 aromatic rings. The lowest BCUT2D eigenvalue weighted by Gasteiger charge is -2.02. The molecular formula is C13H9Cl2N5. The summed E-state index contributed by atoms with van der Waals surface area (Å²) in [6.45, 7) is 0. The van der Waals surface area contributed by atoms with E-state index < -0.39 is 0 Å². The fourth-order valence-electron chi connectivity index (χ4n) is 1.69. The molecule has 0 spiro atoms. The first kappa shape index (κ1) is 13.0. The van der Waals surface area contributed by atoms with Crippen LogP contribution in [0.3, 0.4) is 0 Å². The molecule has 5 nitrogen and oxygen atoms in total. The van der Waals surface area contributed by atoms with Gasteiger partial charge in [-0.05, 0) is 17.3 Å². The monoisotopic (exact) mass is 305 g/mol. The molecule has 0 radical (unpaired) electrons. The van der Waals surface area contributed by atoms with Crippen LogP contribution in [0.5, 0.6) is 0 Å². The van der Waals surface area contributed by atoms with Crippen molar-refractivity contribution in [3.63, 3.8) is 0 Å². The van der Waals surface area contributed by atoms with Crippen molar-refractivity contribution >= 4 is 23.2 Å². The van der Waals surface area contributed by atoms with Gasteiger partial charge in [0.1, 0.15) is 0 Å². The highest BCUT2D eigenvalue weighted by Crippen LogP contribution is 2.18. The minimum Gasteiger partial charge on any atom is -0.229 e. The highest BCUT2D eigenvalue weighted by atomic mass is 35.5. The van der Waals surface area contributed by atoms with Gasteiger partial charge in [0.25, 0.3) is 0 Å². The predicted octanol–water partition coefficient (Wildman–Crippen LogP) is 3.12. The minimum atomic E-state index is 0.229. The van der Waals surface area contributed by atoms with Crippen LogP contribution in [-0.2, 0) is 5.88 Å². The molecule has 20 heavy (non-hydrogen) atoms. The van der Waals surface area contributed by atoms with Crippen LogP contribution < -0.4 is 0 Å². The summed E-state index contributed by atoms with van der Waals surface area (Å²) in [5.74, 6) is 1.29. The second kappa shape index (κ2) is 5.56. The Morgan fingerprint density at radius 1 is 1.05 bits per heavy atom. The van der Waals surface area contributed by atoms with Crippen LogP contribution in [0.15, 0.2) is 42.5 Å². The van der Waals surface area contributed by atoms with Gasteiger partial charge in [0.15, 0.2) is 5.82 Å². The van der Waals surface area contributed by atoms with Crippen LogP contribution in [0.2, 0.25) is 5.02 Å². The van der Waals surface area contributed by atoms with Crippen molar-refractivity contribution in [3.05, 3.63) is 53.2 Å². The molecule has 0 saturated carbocycles. The van der Waals surface area contributed by atoms with Gasteiger partial charge in [0.2, 0.25) is 5.82 Å². The van der Waals surface area contributed by atoms with E-state index in [0.29, 0.717) is 22.4 Å². The number of benzene rings is 1. The molecule has 0 aliphatic rings. The number of nitrogens with zero attached hydrogens (tertiary/aromatic N) is 5. The second-order valence-corrected chi connectivity index (χ2v) is 4.67. The number of tetrazole rings is 1. The van der Waals surface area contributed by atoms with E-state index in [2.05, 4.69) is 20.4 Å². The van der Waals surface area contributed by atoms with Gasteiger partial charge in [0, 0.05) is 5.56 Å². The van der Waals surface area contributed by atoms with Gasteiger partial charge in [-0.2, -0.15) is 0 Å². The second-order valence-electron chi connectivity index (χ2n) is 4.00. The maximum Gasteiger partial charge on any atom is 0.205 e. The Morgan fingerprint density at radius 2 is 1.85 bits per heavy atom. The molecule has 0 aliphatic heterocycles. The zero-order valence-electron chi connectivity index (χ0n) is 10.2. The van der Waals surface area contributed by atoms with E-state index >= 15 is 0 Å². The number of hydrogen-bond acceptors (Lipinski definition) is 4. The molecule has 1 aromatic carbocycles. The fourth-order valence-corrected chi connectivity index (χ4v) is 2.14. The molecule has 0 amide bonds. The number of alkyl halides is 1. The molecule has 7 heteroatoms. The summed E-state index contributed by atoms with van der Waals surface area (Å²) >= 11 is 11.8. The van der Waals surface area contributed by atoms with Crippen molar-refractivity contribution in [3.8, 4) is 17.2 Å². The third-order valence-electron chi connectivity index (χ3n) is 2.68. The summed E-state index contributed by atoms with van der Waals surface area (Å²) in [4.78, 5) is 5.66. The molecule has 0 bridgehead atoms. The maximum absolute atomic E-state index is 5.97. The largest absolute Gasteiger partial charge is 0.229 e. The Kier molecular flexibility index (Phi) is 3.62. The van der Waals surface area contributed by atoms with E-state index in [1.165, 1.54) is 4.80 Å². The highest BCUT2D eigenvalue weighted by molar-refractivity contribution is 6.32. The molecule has 0 atom stereocenters. The third-order valence-corrected chi connectivity index (χ3v) is 3.28. The Labute approximate surface area is 125 Å². The van der Waals surface area contributed by atoms with Gasteiger partial charge >= 0.3 is 0 Å². The summed E-state index contributed by atoms with van der Waals surface area (Å²) in [5.41, 5.74) is 1.48. The Bertz CT molecular complexity index is 727. The summed E-state index contributed by atoms with van der Waals surface area (Å²) in [7, 11) is 0. The summed E-state index contributed by atoms with van der Waals surface area (Å²) in [5, 5.41) is 12.8. The van der Waals surface area contributed by atoms with E-state index in [9.17, 15) is 0 Å². The van der Waals surface area contributed by atoms with Crippen molar-refractivity contribution in [1.29, 1.82) is 0 Å². The first-order valence-electron chi connectivity index (χ1n) is 5.85. The third kappa shape index (κ3) is 2.50. The molecule has 2 heterocycles. The molecule has 2 aromatic heterocycles. The lowest BCUT2D eigenvalue weighted by molar-refractivity contribution is 0.698. The molecule has 3 rings (SSSR count). The molecular weight excluding hydrogens is 297 g/mol. The van der Waals surface area contributed by atoms with Crippen LogP contribution in [0.1, 0.15) is 5.69 Å². The van der Waals surface area contributed by atoms with Gasteiger partial charge in [0.05, 0.1) is 16.6 Å². The van der Waals surface area contributed by atoms with Crippen LogP contribution >= 0.6 is 23.2 Å². The molecule has 100 valence electrons. The molecule has 0 N–H and O–H groups in total. The first-order valence-corrected chi connectivity index (χ1v) is 6.76. The first-order chi connectivity index (χ1) is 9.78. The minimum absolute atomic E-state index is 0.229.